The second-order valence-corrected chi connectivity index (χ2v) is 11.7. The molecule has 0 spiro atoms. The lowest BCUT2D eigenvalue weighted by Crippen LogP contribution is -2.31. The van der Waals surface area contributed by atoms with Crippen LogP contribution in [0.2, 0.25) is 5.02 Å². The Hall–Kier alpha value is -3.89. The minimum atomic E-state index is -0.399. The molecule has 220 valence electrons. The average molecular weight is 608 g/mol. The molecule has 2 N–H and O–H groups in total. The maximum Gasteiger partial charge on any atom is 0.279 e. The van der Waals surface area contributed by atoms with E-state index < -0.39 is 6.04 Å². The van der Waals surface area contributed by atoms with Crippen LogP contribution < -0.4 is 20.1 Å². The monoisotopic (exact) mass is 607 g/mol. The van der Waals surface area contributed by atoms with Gasteiger partial charge in [-0.1, -0.05) is 35.1 Å². The molecule has 1 saturated heterocycles. The van der Waals surface area contributed by atoms with Crippen molar-refractivity contribution in [3.63, 3.8) is 0 Å². The molecule has 1 atom stereocenters. The molecule has 0 radical (unpaired) electrons. The van der Waals surface area contributed by atoms with E-state index in [9.17, 15) is 9.59 Å². The van der Waals surface area contributed by atoms with E-state index in [1.807, 2.05) is 23.1 Å². The topological polar surface area (TPSA) is 106 Å². The van der Waals surface area contributed by atoms with Gasteiger partial charge >= 0.3 is 0 Å². The number of carbonyl (C=O) groups excluding carboxylic acids is 2. The zero-order valence-corrected chi connectivity index (χ0v) is 24.8. The third-order valence-corrected chi connectivity index (χ3v) is 8.05. The lowest BCUT2D eigenvalue weighted by Gasteiger charge is -2.15. The summed E-state index contributed by atoms with van der Waals surface area (Å²) in [4.78, 5) is 36.0. The minimum absolute atomic E-state index is 0.224. The highest BCUT2D eigenvalue weighted by Crippen LogP contribution is 2.35. The van der Waals surface area contributed by atoms with E-state index in [1.54, 1.807) is 42.7 Å². The number of ether oxygens (including phenoxy) is 2. The van der Waals surface area contributed by atoms with Crippen LogP contribution in [-0.4, -0.2) is 59.0 Å². The molecule has 5 rings (SSSR count). The molecular weight excluding hydrogens is 574 g/mol. The zero-order valence-electron chi connectivity index (χ0n) is 23.3. The van der Waals surface area contributed by atoms with Crippen LogP contribution in [0.15, 0.2) is 61.5 Å². The van der Waals surface area contributed by atoms with Crippen LogP contribution in [0.1, 0.15) is 47.3 Å². The van der Waals surface area contributed by atoms with E-state index in [0.29, 0.717) is 46.2 Å². The van der Waals surface area contributed by atoms with Gasteiger partial charge in [0.2, 0.25) is 5.91 Å². The molecule has 3 heterocycles. The van der Waals surface area contributed by atoms with Gasteiger partial charge < -0.3 is 25.0 Å². The van der Waals surface area contributed by atoms with E-state index in [2.05, 4.69) is 27.2 Å². The molecule has 2 fully saturated rings. The highest BCUT2D eigenvalue weighted by Gasteiger charge is 2.22. The molecule has 1 aliphatic carbocycles. The summed E-state index contributed by atoms with van der Waals surface area (Å²) in [6.45, 7) is 6.79. The van der Waals surface area contributed by atoms with Gasteiger partial charge in [0.25, 0.3) is 11.1 Å². The van der Waals surface area contributed by atoms with Gasteiger partial charge in [-0.3, -0.25) is 9.59 Å². The molecule has 1 saturated carbocycles. The Morgan fingerprint density at radius 2 is 2.14 bits per heavy atom. The first kappa shape index (κ1) is 29.6. The number of amides is 2. The molecule has 2 amide bonds. The van der Waals surface area contributed by atoms with Crippen LogP contribution in [0, 0.1) is 5.92 Å². The van der Waals surface area contributed by atoms with Gasteiger partial charge in [0.15, 0.2) is 0 Å². The first-order chi connectivity index (χ1) is 20.5. The number of carbonyl (C=O) groups is 2. The van der Waals surface area contributed by atoms with E-state index in [1.165, 1.54) is 24.2 Å². The maximum absolute atomic E-state index is 12.9. The molecule has 9 nitrogen and oxygen atoms in total. The Kier molecular flexibility index (Phi) is 10.1. The molecule has 11 heteroatoms. The van der Waals surface area contributed by atoms with Gasteiger partial charge in [-0.25, -0.2) is 9.97 Å². The van der Waals surface area contributed by atoms with Crippen molar-refractivity contribution in [1.82, 2.24) is 20.2 Å². The van der Waals surface area contributed by atoms with E-state index >= 15 is 0 Å². The van der Waals surface area contributed by atoms with Crippen molar-refractivity contribution in [3.05, 3.63) is 76.9 Å². The van der Waals surface area contributed by atoms with Crippen LogP contribution >= 0.6 is 22.9 Å². The summed E-state index contributed by atoms with van der Waals surface area (Å²) in [5.41, 5.74) is 0.483. The van der Waals surface area contributed by atoms with E-state index in [4.69, 9.17) is 21.1 Å². The third kappa shape index (κ3) is 8.56. The number of aromatic nitrogens is 2. The van der Waals surface area contributed by atoms with Gasteiger partial charge in [-0.2, -0.15) is 0 Å². The standard InChI is InChI=1S/C31H34ClN5O4S/c1-2-23(36-30(39)22-12-14-34-28(17-22)33-13-4-16-37-15-3-5-29(37)38)8-10-25-19-35-31(42-25)41-27-11-9-24(18-26(27)32)40-20-21-6-7-21/h2,8-12,14,17-19,21,23H,1,3-7,13,15-16,20H2,(H,33,34)(H,36,39)/b10-8+/t23-/m0/s1. The number of likely N-dealkylation sites (tertiary alicyclic amines) is 1. The van der Waals surface area contributed by atoms with Crippen LogP contribution in [0.4, 0.5) is 5.82 Å². The van der Waals surface area contributed by atoms with Crippen LogP contribution in [-0.2, 0) is 4.79 Å². The van der Waals surface area contributed by atoms with Gasteiger partial charge in [0.05, 0.1) is 22.5 Å². The number of benzene rings is 1. The SMILES string of the molecule is C=C[C@@H](/C=C/c1cnc(Oc2ccc(OCC3CC3)cc2Cl)s1)NC(=O)c1ccnc(NCCCN2CCCC2=O)c1. The van der Waals surface area contributed by atoms with Crippen LogP contribution in [0.25, 0.3) is 6.08 Å². The van der Waals surface area contributed by atoms with Crippen molar-refractivity contribution in [2.75, 3.05) is 31.6 Å². The minimum Gasteiger partial charge on any atom is -0.493 e. The predicted molar refractivity (Wildman–Crippen MR) is 166 cm³/mol. The normalized spacial score (nSPS) is 15.5. The summed E-state index contributed by atoms with van der Waals surface area (Å²) in [6, 6.07) is 8.36. The van der Waals surface area contributed by atoms with Gasteiger partial charge in [-0.15, -0.1) is 6.58 Å². The molecule has 0 bridgehead atoms. The molecule has 1 aromatic carbocycles. The number of nitrogens with zero attached hydrogens (tertiary/aromatic N) is 3. The fourth-order valence-corrected chi connectivity index (χ4v) is 5.25. The van der Waals surface area contributed by atoms with E-state index in [0.717, 1.165) is 43.2 Å². The van der Waals surface area contributed by atoms with Gasteiger partial charge in [-0.05, 0) is 61.9 Å². The summed E-state index contributed by atoms with van der Waals surface area (Å²) < 4.78 is 11.6. The molecule has 0 unspecified atom stereocenters. The first-order valence-corrected chi connectivity index (χ1v) is 15.3. The number of pyridine rings is 1. The van der Waals surface area contributed by atoms with Crippen molar-refractivity contribution in [3.8, 4) is 16.7 Å². The highest BCUT2D eigenvalue weighted by molar-refractivity contribution is 7.14. The molecule has 1 aliphatic heterocycles. The number of halogens is 1. The average Bonchev–Trinajstić information content (AvgIpc) is 3.58. The number of hydrogen-bond acceptors (Lipinski definition) is 8. The predicted octanol–water partition coefficient (Wildman–Crippen LogP) is 6.19. The molecule has 2 aromatic heterocycles. The highest BCUT2D eigenvalue weighted by atomic mass is 35.5. The number of hydrogen-bond donors (Lipinski definition) is 2. The van der Waals surface area contributed by atoms with Crippen molar-refractivity contribution < 1.29 is 19.1 Å². The summed E-state index contributed by atoms with van der Waals surface area (Å²) in [5.74, 6) is 2.48. The Morgan fingerprint density at radius 3 is 2.90 bits per heavy atom. The Morgan fingerprint density at radius 1 is 1.26 bits per heavy atom. The van der Waals surface area contributed by atoms with Crippen molar-refractivity contribution in [2.45, 2.75) is 38.1 Å². The Labute approximate surface area is 254 Å². The van der Waals surface area contributed by atoms with Crippen molar-refractivity contribution in [1.29, 1.82) is 0 Å². The third-order valence-electron chi connectivity index (χ3n) is 6.91. The van der Waals surface area contributed by atoms with Crippen molar-refractivity contribution in [2.24, 2.45) is 5.92 Å². The van der Waals surface area contributed by atoms with Crippen LogP contribution in [0.5, 0.6) is 16.7 Å². The lowest BCUT2D eigenvalue weighted by atomic mass is 10.2. The summed E-state index contributed by atoms with van der Waals surface area (Å²) >= 11 is 7.75. The molecule has 3 aromatic rings. The molecule has 42 heavy (non-hydrogen) atoms. The number of thiazole rings is 1. The molecule has 2 aliphatic rings. The molecular formula is C31H34ClN5O4S. The van der Waals surface area contributed by atoms with E-state index in [-0.39, 0.29) is 11.8 Å². The second kappa shape index (κ2) is 14.3. The van der Waals surface area contributed by atoms with Crippen molar-refractivity contribution >= 4 is 46.6 Å². The summed E-state index contributed by atoms with van der Waals surface area (Å²) in [5, 5.41) is 7.09. The largest absolute Gasteiger partial charge is 0.493 e. The second-order valence-electron chi connectivity index (χ2n) is 10.3. The number of anilines is 1. The smallest absolute Gasteiger partial charge is 0.279 e. The number of nitrogens with one attached hydrogen (secondary N) is 2. The number of rotatable bonds is 15. The van der Waals surface area contributed by atoms with Gasteiger partial charge in [0, 0.05) is 50.1 Å². The quantitative estimate of drug-likeness (QED) is 0.157. The first-order valence-electron chi connectivity index (χ1n) is 14.1. The lowest BCUT2D eigenvalue weighted by molar-refractivity contribution is -0.127. The Bertz CT molecular complexity index is 1440. The Balaban J connectivity index is 1.09. The van der Waals surface area contributed by atoms with Crippen LogP contribution in [0.3, 0.4) is 0 Å². The fraction of sp³-hybridized carbons (Fsp3) is 0.355. The fourth-order valence-electron chi connectivity index (χ4n) is 4.35. The maximum atomic E-state index is 12.9. The zero-order chi connectivity index (χ0) is 29.3. The summed E-state index contributed by atoms with van der Waals surface area (Å²) in [7, 11) is 0. The van der Waals surface area contributed by atoms with Gasteiger partial charge in [0.1, 0.15) is 17.3 Å². The summed E-state index contributed by atoms with van der Waals surface area (Å²) in [6.07, 6.45) is 13.5.